The molecule has 0 radical (unpaired) electrons. The Morgan fingerprint density at radius 1 is 1.15 bits per heavy atom. The molecule has 4 heteroatoms. The molecule has 1 amide bonds. The van der Waals surface area contributed by atoms with Gasteiger partial charge in [0.05, 0.1) is 6.26 Å². The van der Waals surface area contributed by atoms with E-state index in [2.05, 4.69) is 5.32 Å². The summed E-state index contributed by atoms with van der Waals surface area (Å²) in [5.41, 5.74) is 0.582. The first-order valence-electron chi connectivity index (χ1n) is 6.78. The van der Waals surface area contributed by atoms with E-state index in [0.29, 0.717) is 24.9 Å². The average molecular weight is 275 g/mol. The minimum atomic E-state index is -0.252. The minimum absolute atomic E-state index is 0.0484. The number of carbonyl (C=O) groups is 1. The molecule has 0 unspecified atom stereocenters. The van der Waals surface area contributed by atoms with E-state index in [-0.39, 0.29) is 11.7 Å². The highest BCUT2D eigenvalue weighted by molar-refractivity contribution is 5.76. The number of amides is 1. The van der Waals surface area contributed by atoms with Crippen molar-refractivity contribution in [1.29, 1.82) is 0 Å². The second-order valence-corrected chi connectivity index (χ2v) is 4.62. The Labute approximate surface area is 117 Å². The van der Waals surface area contributed by atoms with Crippen LogP contribution < -0.4 is 5.32 Å². The number of furan rings is 1. The molecule has 1 aromatic heterocycles. The summed E-state index contributed by atoms with van der Waals surface area (Å²) in [7, 11) is 0. The normalized spacial score (nSPS) is 10.4. The van der Waals surface area contributed by atoms with Gasteiger partial charge in [0, 0.05) is 19.4 Å². The Morgan fingerprint density at radius 2 is 2.00 bits per heavy atom. The van der Waals surface area contributed by atoms with Gasteiger partial charge in [0.1, 0.15) is 11.6 Å². The third-order valence-corrected chi connectivity index (χ3v) is 3.08. The molecule has 0 spiro atoms. The molecule has 1 N–H and O–H groups in total. The van der Waals surface area contributed by atoms with Gasteiger partial charge in [0.25, 0.3) is 0 Å². The van der Waals surface area contributed by atoms with Crippen LogP contribution in [0.5, 0.6) is 0 Å². The molecule has 20 heavy (non-hydrogen) atoms. The van der Waals surface area contributed by atoms with Crippen LogP contribution in [0.4, 0.5) is 4.39 Å². The lowest BCUT2D eigenvalue weighted by atomic mass is 10.1. The zero-order valence-electron chi connectivity index (χ0n) is 11.3. The van der Waals surface area contributed by atoms with E-state index >= 15 is 0 Å². The molecular weight excluding hydrogens is 257 g/mol. The summed E-state index contributed by atoms with van der Waals surface area (Å²) in [6.07, 6.45) is 4.01. The number of nitrogens with one attached hydrogen (secondary N) is 1. The molecule has 3 nitrogen and oxygen atoms in total. The summed E-state index contributed by atoms with van der Waals surface area (Å²) in [5.74, 6) is 0.622. The summed E-state index contributed by atoms with van der Waals surface area (Å²) in [6.45, 7) is 0.608. The molecule has 2 aromatic rings. The fourth-order valence-electron chi connectivity index (χ4n) is 1.98. The lowest BCUT2D eigenvalue weighted by Crippen LogP contribution is -2.25. The molecule has 0 saturated heterocycles. The zero-order chi connectivity index (χ0) is 14.2. The summed E-state index contributed by atoms with van der Waals surface area (Å²) in [4.78, 5) is 11.6. The SMILES string of the molecule is O=C(CCc1ccccc1F)NCCCc1ccco1. The van der Waals surface area contributed by atoms with Crippen molar-refractivity contribution in [2.24, 2.45) is 0 Å². The van der Waals surface area contributed by atoms with E-state index in [1.54, 1.807) is 24.5 Å². The zero-order valence-corrected chi connectivity index (χ0v) is 11.3. The first-order chi connectivity index (χ1) is 9.75. The molecule has 0 atom stereocenters. The van der Waals surface area contributed by atoms with Crippen LogP contribution in [0.2, 0.25) is 0 Å². The molecule has 0 saturated carbocycles. The van der Waals surface area contributed by atoms with Gasteiger partial charge in [-0.15, -0.1) is 0 Å². The van der Waals surface area contributed by atoms with E-state index in [1.807, 2.05) is 12.1 Å². The number of benzene rings is 1. The average Bonchev–Trinajstić information content (AvgIpc) is 2.96. The van der Waals surface area contributed by atoms with Crippen molar-refractivity contribution < 1.29 is 13.6 Å². The standard InChI is InChI=1S/C16H18FNO2/c17-15-8-2-1-5-13(15)9-10-16(19)18-11-3-6-14-7-4-12-20-14/h1-2,4-5,7-8,12H,3,6,9-11H2,(H,18,19). The van der Waals surface area contributed by atoms with Crippen LogP contribution in [0, 0.1) is 5.82 Å². The largest absolute Gasteiger partial charge is 0.469 e. The second kappa shape index (κ2) is 7.48. The molecule has 0 aliphatic rings. The number of carbonyl (C=O) groups excluding carboxylic acids is 1. The van der Waals surface area contributed by atoms with Crippen molar-refractivity contribution in [2.75, 3.05) is 6.54 Å². The van der Waals surface area contributed by atoms with Gasteiger partial charge in [-0.3, -0.25) is 4.79 Å². The van der Waals surface area contributed by atoms with Gasteiger partial charge in [0.15, 0.2) is 0 Å². The molecule has 0 fully saturated rings. The summed E-state index contributed by atoms with van der Waals surface area (Å²) in [6, 6.07) is 10.3. The third-order valence-electron chi connectivity index (χ3n) is 3.08. The monoisotopic (exact) mass is 275 g/mol. The van der Waals surface area contributed by atoms with Crippen LogP contribution >= 0.6 is 0 Å². The smallest absolute Gasteiger partial charge is 0.220 e. The Bertz CT molecular complexity index is 537. The third kappa shape index (κ3) is 4.53. The maximum absolute atomic E-state index is 13.4. The maximum Gasteiger partial charge on any atom is 0.220 e. The fraction of sp³-hybridized carbons (Fsp3) is 0.312. The van der Waals surface area contributed by atoms with Crippen LogP contribution in [0.1, 0.15) is 24.2 Å². The van der Waals surface area contributed by atoms with E-state index in [9.17, 15) is 9.18 Å². The van der Waals surface area contributed by atoms with E-state index in [0.717, 1.165) is 18.6 Å². The van der Waals surface area contributed by atoms with Crippen molar-refractivity contribution >= 4 is 5.91 Å². The molecule has 0 bridgehead atoms. The number of hydrogen-bond acceptors (Lipinski definition) is 2. The van der Waals surface area contributed by atoms with Crippen LogP contribution in [0.3, 0.4) is 0 Å². The topological polar surface area (TPSA) is 42.2 Å². The van der Waals surface area contributed by atoms with Gasteiger partial charge in [-0.25, -0.2) is 4.39 Å². The highest BCUT2D eigenvalue weighted by Gasteiger charge is 2.05. The Morgan fingerprint density at radius 3 is 2.75 bits per heavy atom. The molecule has 1 heterocycles. The van der Waals surface area contributed by atoms with Crippen LogP contribution in [0.25, 0.3) is 0 Å². The van der Waals surface area contributed by atoms with Gasteiger partial charge in [-0.1, -0.05) is 18.2 Å². The lowest BCUT2D eigenvalue weighted by molar-refractivity contribution is -0.121. The van der Waals surface area contributed by atoms with Crippen LogP contribution in [0.15, 0.2) is 47.1 Å². The first-order valence-corrected chi connectivity index (χ1v) is 6.78. The number of rotatable bonds is 7. The highest BCUT2D eigenvalue weighted by Crippen LogP contribution is 2.08. The second-order valence-electron chi connectivity index (χ2n) is 4.62. The lowest BCUT2D eigenvalue weighted by Gasteiger charge is -2.05. The summed E-state index contributed by atoms with van der Waals surface area (Å²) in [5, 5.41) is 2.83. The van der Waals surface area contributed by atoms with Gasteiger partial charge in [-0.2, -0.15) is 0 Å². The number of aryl methyl sites for hydroxylation is 2. The molecule has 2 rings (SSSR count). The fourth-order valence-corrected chi connectivity index (χ4v) is 1.98. The molecule has 1 aromatic carbocycles. The maximum atomic E-state index is 13.4. The van der Waals surface area contributed by atoms with E-state index in [4.69, 9.17) is 4.42 Å². The summed E-state index contributed by atoms with van der Waals surface area (Å²) < 4.78 is 18.6. The van der Waals surface area contributed by atoms with Crippen molar-refractivity contribution in [2.45, 2.75) is 25.7 Å². The molecule has 106 valence electrons. The van der Waals surface area contributed by atoms with Gasteiger partial charge >= 0.3 is 0 Å². The van der Waals surface area contributed by atoms with Crippen molar-refractivity contribution in [3.8, 4) is 0 Å². The van der Waals surface area contributed by atoms with Gasteiger partial charge in [0.2, 0.25) is 5.91 Å². The van der Waals surface area contributed by atoms with Crippen LogP contribution in [-0.2, 0) is 17.6 Å². The van der Waals surface area contributed by atoms with Crippen molar-refractivity contribution in [3.63, 3.8) is 0 Å². The quantitative estimate of drug-likeness (QED) is 0.789. The van der Waals surface area contributed by atoms with Crippen LogP contribution in [-0.4, -0.2) is 12.5 Å². The summed E-state index contributed by atoms with van der Waals surface area (Å²) >= 11 is 0. The minimum Gasteiger partial charge on any atom is -0.469 e. The Balaban J connectivity index is 1.62. The Hall–Kier alpha value is -2.10. The van der Waals surface area contributed by atoms with Crippen molar-refractivity contribution in [1.82, 2.24) is 5.32 Å². The first kappa shape index (κ1) is 14.3. The predicted molar refractivity (Wildman–Crippen MR) is 74.8 cm³/mol. The number of hydrogen-bond donors (Lipinski definition) is 1. The molecular formula is C16H18FNO2. The molecule has 0 aliphatic heterocycles. The predicted octanol–water partition coefficient (Wildman–Crippen LogP) is 3.10. The highest BCUT2D eigenvalue weighted by atomic mass is 19.1. The Kier molecular flexibility index (Phi) is 5.35. The van der Waals surface area contributed by atoms with Crippen molar-refractivity contribution in [3.05, 3.63) is 59.8 Å². The van der Waals surface area contributed by atoms with Gasteiger partial charge in [-0.05, 0) is 36.6 Å². The van der Waals surface area contributed by atoms with E-state index in [1.165, 1.54) is 6.07 Å². The van der Waals surface area contributed by atoms with E-state index < -0.39 is 0 Å². The number of halogens is 1. The molecule has 0 aliphatic carbocycles. The van der Waals surface area contributed by atoms with Gasteiger partial charge < -0.3 is 9.73 Å².